The average molecular weight is 253 g/mol. The van der Waals surface area contributed by atoms with Crippen molar-refractivity contribution in [3.05, 3.63) is 28.6 Å². The van der Waals surface area contributed by atoms with Crippen LogP contribution in [0.4, 0.5) is 0 Å². The molecule has 0 aliphatic rings. The highest BCUT2D eigenvalue weighted by molar-refractivity contribution is 6.31. The van der Waals surface area contributed by atoms with Crippen molar-refractivity contribution in [2.75, 3.05) is 0 Å². The third-order valence-electron chi connectivity index (χ3n) is 2.73. The van der Waals surface area contributed by atoms with Crippen molar-refractivity contribution >= 4 is 22.7 Å². The number of halogens is 1. The SMILES string of the molecule is Cc1cc(Cl)cc2nc(CCCC(C)N)oc12. The molecular formula is C13H17ClN2O. The molecule has 0 spiro atoms. The molecule has 0 bridgehead atoms. The minimum atomic E-state index is 0.232. The van der Waals surface area contributed by atoms with E-state index in [1.165, 1.54) is 0 Å². The van der Waals surface area contributed by atoms with Crippen LogP contribution in [-0.4, -0.2) is 11.0 Å². The van der Waals surface area contributed by atoms with Crippen LogP contribution in [0.2, 0.25) is 5.02 Å². The van der Waals surface area contributed by atoms with Crippen LogP contribution in [0.5, 0.6) is 0 Å². The van der Waals surface area contributed by atoms with Crippen LogP contribution < -0.4 is 5.73 Å². The Morgan fingerprint density at radius 1 is 1.47 bits per heavy atom. The van der Waals surface area contributed by atoms with E-state index < -0.39 is 0 Å². The number of nitrogens with two attached hydrogens (primary N) is 1. The van der Waals surface area contributed by atoms with Crippen molar-refractivity contribution in [3.8, 4) is 0 Å². The molecular weight excluding hydrogens is 236 g/mol. The highest BCUT2D eigenvalue weighted by Gasteiger charge is 2.09. The number of nitrogens with zero attached hydrogens (tertiary/aromatic N) is 1. The summed E-state index contributed by atoms with van der Waals surface area (Å²) in [6.45, 7) is 3.99. The van der Waals surface area contributed by atoms with Gasteiger partial charge < -0.3 is 10.2 Å². The lowest BCUT2D eigenvalue weighted by atomic mass is 10.1. The Morgan fingerprint density at radius 3 is 2.94 bits per heavy atom. The second kappa shape index (κ2) is 5.07. The van der Waals surface area contributed by atoms with Crippen molar-refractivity contribution < 1.29 is 4.42 Å². The monoisotopic (exact) mass is 252 g/mol. The van der Waals surface area contributed by atoms with Crippen LogP contribution in [0.25, 0.3) is 11.1 Å². The molecule has 0 fully saturated rings. The standard InChI is InChI=1S/C13H17ClN2O/c1-8-6-10(14)7-11-13(8)17-12(16-11)5-3-4-9(2)15/h6-7,9H,3-5,15H2,1-2H3. The Kier molecular flexibility index (Phi) is 3.69. The Morgan fingerprint density at radius 2 is 2.24 bits per heavy atom. The van der Waals surface area contributed by atoms with Gasteiger partial charge in [-0.15, -0.1) is 0 Å². The van der Waals surface area contributed by atoms with Gasteiger partial charge in [0.2, 0.25) is 0 Å². The lowest BCUT2D eigenvalue weighted by molar-refractivity contribution is 0.502. The maximum absolute atomic E-state index is 5.98. The van der Waals surface area contributed by atoms with E-state index in [-0.39, 0.29) is 6.04 Å². The molecule has 1 aromatic carbocycles. The van der Waals surface area contributed by atoms with Crippen LogP contribution in [0.1, 0.15) is 31.2 Å². The molecule has 4 heteroatoms. The Labute approximate surface area is 106 Å². The first kappa shape index (κ1) is 12.4. The zero-order valence-corrected chi connectivity index (χ0v) is 10.9. The van der Waals surface area contributed by atoms with E-state index in [4.69, 9.17) is 21.8 Å². The summed E-state index contributed by atoms with van der Waals surface area (Å²) in [7, 11) is 0. The van der Waals surface area contributed by atoms with Crippen LogP contribution >= 0.6 is 11.6 Å². The van der Waals surface area contributed by atoms with E-state index in [0.29, 0.717) is 5.02 Å². The van der Waals surface area contributed by atoms with Gasteiger partial charge in [0.25, 0.3) is 0 Å². The summed E-state index contributed by atoms with van der Waals surface area (Å²) in [5.41, 5.74) is 8.41. The van der Waals surface area contributed by atoms with Crippen LogP contribution in [0, 0.1) is 6.92 Å². The molecule has 0 aliphatic heterocycles. The molecule has 1 unspecified atom stereocenters. The number of rotatable bonds is 4. The lowest BCUT2D eigenvalue weighted by Gasteiger charge is -2.01. The van der Waals surface area contributed by atoms with Crippen molar-refractivity contribution in [2.45, 2.75) is 39.2 Å². The molecule has 92 valence electrons. The van der Waals surface area contributed by atoms with E-state index in [9.17, 15) is 0 Å². The maximum atomic E-state index is 5.98. The predicted octanol–water partition coefficient (Wildman–Crippen LogP) is 3.46. The molecule has 0 radical (unpaired) electrons. The van der Waals surface area contributed by atoms with Gasteiger partial charge in [0, 0.05) is 17.5 Å². The van der Waals surface area contributed by atoms with Gasteiger partial charge in [-0.25, -0.2) is 4.98 Å². The fourth-order valence-corrected chi connectivity index (χ4v) is 2.15. The number of hydrogen-bond donors (Lipinski definition) is 1. The van der Waals surface area contributed by atoms with Crippen LogP contribution in [0.15, 0.2) is 16.5 Å². The fourth-order valence-electron chi connectivity index (χ4n) is 1.89. The number of aromatic nitrogens is 1. The molecule has 0 saturated heterocycles. The zero-order valence-electron chi connectivity index (χ0n) is 10.2. The van der Waals surface area contributed by atoms with E-state index in [1.807, 2.05) is 26.0 Å². The summed E-state index contributed by atoms with van der Waals surface area (Å²) < 4.78 is 5.73. The Bertz CT molecular complexity index is 519. The number of hydrogen-bond acceptors (Lipinski definition) is 3. The molecule has 1 atom stereocenters. The summed E-state index contributed by atoms with van der Waals surface area (Å²) >= 11 is 5.98. The van der Waals surface area contributed by atoms with Crippen LogP contribution in [0.3, 0.4) is 0 Å². The zero-order chi connectivity index (χ0) is 12.4. The van der Waals surface area contributed by atoms with Crippen molar-refractivity contribution in [2.24, 2.45) is 5.73 Å². The molecule has 0 amide bonds. The number of fused-ring (bicyclic) bond motifs is 1. The second-order valence-corrected chi connectivity index (χ2v) is 4.98. The van der Waals surface area contributed by atoms with E-state index in [1.54, 1.807) is 0 Å². The minimum absolute atomic E-state index is 0.232. The minimum Gasteiger partial charge on any atom is -0.440 e. The molecule has 0 saturated carbocycles. The first-order valence-corrected chi connectivity index (χ1v) is 6.25. The van der Waals surface area contributed by atoms with Crippen molar-refractivity contribution in [1.29, 1.82) is 0 Å². The van der Waals surface area contributed by atoms with Gasteiger partial charge in [-0.2, -0.15) is 0 Å². The van der Waals surface area contributed by atoms with Gasteiger partial charge in [-0.3, -0.25) is 0 Å². The largest absolute Gasteiger partial charge is 0.440 e. The van der Waals surface area contributed by atoms with Gasteiger partial charge in [-0.1, -0.05) is 11.6 Å². The molecule has 2 N–H and O–H groups in total. The summed E-state index contributed by atoms with van der Waals surface area (Å²) in [6, 6.07) is 3.96. The summed E-state index contributed by atoms with van der Waals surface area (Å²) in [4.78, 5) is 4.44. The number of oxazole rings is 1. The molecule has 1 aromatic heterocycles. The molecule has 0 aliphatic carbocycles. The number of aryl methyl sites for hydroxylation is 2. The third-order valence-corrected chi connectivity index (χ3v) is 2.95. The summed E-state index contributed by atoms with van der Waals surface area (Å²) in [5.74, 6) is 0.769. The second-order valence-electron chi connectivity index (χ2n) is 4.55. The summed E-state index contributed by atoms with van der Waals surface area (Å²) in [5, 5.41) is 0.699. The van der Waals surface area contributed by atoms with Gasteiger partial charge in [0.15, 0.2) is 11.5 Å². The average Bonchev–Trinajstić information content (AvgIpc) is 2.60. The van der Waals surface area contributed by atoms with Crippen LogP contribution in [-0.2, 0) is 6.42 Å². The Hall–Kier alpha value is -1.06. The molecule has 1 heterocycles. The predicted molar refractivity (Wildman–Crippen MR) is 70.3 cm³/mol. The first-order valence-electron chi connectivity index (χ1n) is 5.87. The van der Waals surface area contributed by atoms with E-state index in [0.717, 1.165) is 41.8 Å². The molecule has 2 aromatic rings. The normalized spacial score (nSPS) is 13.2. The van der Waals surface area contributed by atoms with Gasteiger partial charge >= 0.3 is 0 Å². The number of benzene rings is 1. The molecule has 17 heavy (non-hydrogen) atoms. The Balaban J connectivity index is 2.17. The van der Waals surface area contributed by atoms with Crippen molar-refractivity contribution in [1.82, 2.24) is 4.98 Å². The van der Waals surface area contributed by atoms with Gasteiger partial charge in [0.1, 0.15) is 5.52 Å². The highest BCUT2D eigenvalue weighted by Crippen LogP contribution is 2.24. The summed E-state index contributed by atoms with van der Waals surface area (Å²) in [6.07, 6.45) is 2.81. The third kappa shape index (κ3) is 2.99. The van der Waals surface area contributed by atoms with Crippen molar-refractivity contribution in [3.63, 3.8) is 0 Å². The van der Waals surface area contributed by atoms with Gasteiger partial charge in [-0.05, 0) is 44.4 Å². The highest BCUT2D eigenvalue weighted by atomic mass is 35.5. The maximum Gasteiger partial charge on any atom is 0.195 e. The van der Waals surface area contributed by atoms with E-state index >= 15 is 0 Å². The first-order chi connectivity index (χ1) is 8.06. The quantitative estimate of drug-likeness (QED) is 0.907. The molecule has 3 nitrogen and oxygen atoms in total. The molecule has 2 rings (SSSR count). The topological polar surface area (TPSA) is 52.0 Å². The fraction of sp³-hybridized carbons (Fsp3) is 0.462. The van der Waals surface area contributed by atoms with Gasteiger partial charge in [0.05, 0.1) is 0 Å². The lowest BCUT2D eigenvalue weighted by Crippen LogP contribution is -2.14. The smallest absolute Gasteiger partial charge is 0.195 e. The van der Waals surface area contributed by atoms with E-state index in [2.05, 4.69) is 4.98 Å².